The molecule has 0 saturated carbocycles. The zero-order valence-corrected chi connectivity index (χ0v) is 18.5. The van der Waals surface area contributed by atoms with Crippen molar-refractivity contribution in [2.75, 3.05) is 29.5 Å². The van der Waals surface area contributed by atoms with Crippen LogP contribution in [0.15, 0.2) is 42.9 Å². The molecule has 0 amide bonds. The third-order valence-corrected chi connectivity index (χ3v) is 4.85. The number of nitrogens with two attached hydrogens (primary N) is 1. The van der Waals surface area contributed by atoms with Crippen molar-refractivity contribution in [2.45, 2.75) is 32.9 Å². The van der Waals surface area contributed by atoms with Crippen molar-refractivity contribution in [2.24, 2.45) is 0 Å². The molecule has 9 nitrogen and oxygen atoms in total. The van der Waals surface area contributed by atoms with E-state index >= 15 is 0 Å². The molecule has 1 aliphatic heterocycles. The number of hydrogen-bond donors (Lipinski definition) is 4. The molecule has 0 fully saturated rings. The van der Waals surface area contributed by atoms with E-state index in [1.54, 1.807) is 18.5 Å². The number of aliphatic hydroxyl groups excluding tert-OH is 1. The lowest BCUT2D eigenvalue weighted by molar-refractivity contribution is 0.232. The van der Waals surface area contributed by atoms with Crippen LogP contribution >= 0.6 is 0 Å². The Kier molecular flexibility index (Phi) is 5.91. The minimum Gasteiger partial charge on any atom is -0.395 e. The topological polar surface area (TPSA) is 125 Å². The average molecular weight is 433 g/mol. The molecule has 0 radical (unpaired) electrons. The number of aromatic nitrogens is 4. The fraction of sp³-hybridized carbons (Fsp3) is 0.304. The van der Waals surface area contributed by atoms with E-state index in [4.69, 9.17) is 10.7 Å². The summed E-state index contributed by atoms with van der Waals surface area (Å²) in [5.41, 5.74) is 9.34. The van der Waals surface area contributed by atoms with Crippen LogP contribution in [0.4, 0.5) is 23.4 Å². The average Bonchev–Trinajstić information content (AvgIpc) is 2.73. The van der Waals surface area contributed by atoms with Gasteiger partial charge in [0.2, 0.25) is 5.95 Å². The van der Waals surface area contributed by atoms with Crippen molar-refractivity contribution in [3.05, 3.63) is 54.0 Å². The Balaban J connectivity index is 1.66. The van der Waals surface area contributed by atoms with E-state index in [0.717, 1.165) is 28.2 Å². The molecule has 0 atom stereocenters. The van der Waals surface area contributed by atoms with Crippen LogP contribution in [-0.2, 0) is 6.54 Å². The molecule has 0 unspecified atom stereocenters. The van der Waals surface area contributed by atoms with E-state index in [2.05, 4.69) is 51.3 Å². The van der Waals surface area contributed by atoms with Gasteiger partial charge in [-0.25, -0.2) is 19.9 Å². The Labute approximate surface area is 187 Å². The molecule has 3 aromatic rings. The first-order valence-electron chi connectivity index (χ1n) is 10.5. The number of nitrogens with zero attached hydrogens (tertiary/aromatic N) is 5. The zero-order valence-electron chi connectivity index (χ0n) is 18.5. The molecular weight excluding hydrogens is 404 g/mol. The molecule has 0 aliphatic carbocycles. The van der Waals surface area contributed by atoms with Gasteiger partial charge < -0.3 is 26.4 Å². The largest absolute Gasteiger partial charge is 0.395 e. The lowest BCUT2D eigenvalue weighted by Crippen LogP contribution is -2.30. The molecule has 4 rings (SSSR count). The summed E-state index contributed by atoms with van der Waals surface area (Å²) in [7, 11) is 0. The van der Waals surface area contributed by atoms with Crippen LogP contribution in [0.5, 0.6) is 0 Å². The number of nitrogen functional groups attached to an aromatic ring is 1. The van der Waals surface area contributed by atoms with E-state index < -0.39 is 0 Å². The Hall–Kier alpha value is -3.72. The van der Waals surface area contributed by atoms with Gasteiger partial charge in [-0.1, -0.05) is 0 Å². The van der Waals surface area contributed by atoms with Crippen LogP contribution in [0, 0.1) is 0 Å². The SMILES string of the molecule is CC(C)(C)Nc1nc(Nc2cc(-c3ccnc(N)n3)ccn2)cc2c1CN(CCO)C=C2. The summed E-state index contributed by atoms with van der Waals surface area (Å²) < 4.78 is 0. The van der Waals surface area contributed by atoms with Crippen LogP contribution in [-0.4, -0.2) is 48.6 Å². The van der Waals surface area contributed by atoms with E-state index in [1.165, 1.54) is 0 Å². The molecule has 3 aromatic heterocycles. The van der Waals surface area contributed by atoms with Gasteiger partial charge in [-0.3, -0.25) is 0 Å². The predicted octanol–water partition coefficient (Wildman–Crippen LogP) is 3.25. The highest BCUT2D eigenvalue weighted by Crippen LogP contribution is 2.31. The first-order valence-corrected chi connectivity index (χ1v) is 10.5. The highest BCUT2D eigenvalue weighted by atomic mass is 16.3. The van der Waals surface area contributed by atoms with E-state index in [-0.39, 0.29) is 18.1 Å². The van der Waals surface area contributed by atoms with Crippen molar-refractivity contribution in [3.8, 4) is 11.3 Å². The molecule has 0 saturated heterocycles. The molecule has 0 bridgehead atoms. The lowest BCUT2D eigenvalue weighted by Gasteiger charge is -2.29. The monoisotopic (exact) mass is 432 g/mol. The van der Waals surface area contributed by atoms with Crippen molar-refractivity contribution in [3.63, 3.8) is 0 Å². The van der Waals surface area contributed by atoms with Gasteiger partial charge in [0.05, 0.1) is 12.3 Å². The Morgan fingerprint density at radius 1 is 1.09 bits per heavy atom. The maximum Gasteiger partial charge on any atom is 0.220 e. The summed E-state index contributed by atoms with van der Waals surface area (Å²) in [5.74, 6) is 2.37. The smallest absolute Gasteiger partial charge is 0.220 e. The first-order chi connectivity index (χ1) is 15.3. The number of hydrogen-bond acceptors (Lipinski definition) is 9. The second kappa shape index (κ2) is 8.80. The number of pyridine rings is 2. The van der Waals surface area contributed by atoms with Crippen LogP contribution in [0.1, 0.15) is 31.9 Å². The van der Waals surface area contributed by atoms with Crippen LogP contribution < -0.4 is 16.4 Å². The molecule has 166 valence electrons. The lowest BCUT2D eigenvalue weighted by atomic mass is 10.0. The van der Waals surface area contributed by atoms with Gasteiger partial charge in [-0.15, -0.1) is 0 Å². The normalized spacial score (nSPS) is 13.1. The number of rotatable bonds is 6. The maximum atomic E-state index is 9.31. The molecule has 0 aromatic carbocycles. The Bertz CT molecular complexity index is 1140. The van der Waals surface area contributed by atoms with E-state index in [9.17, 15) is 5.11 Å². The van der Waals surface area contributed by atoms with Gasteiger partial charge in [0.25, 0.3) is 0 Å². The van der Waals surface area contributed by atoms with Gasteiger partial charge in [0.15, 0.2) is 0 Å². The standard InChI is InChI=1S/C23H28N8O/c1-23(2,3)30-21-17-14-31(10-11-32)9-6-15(17)12-20(29-21)28-19-13-16(4-7-25-19)18-5-8-26-22(24)27-18/h4-9,12-13,32H,10-11,14H2,1-3H3,(H2,24,26,27)(H2,25,28,29,30). The van der Waals surface area contributed by atoms with Gasteiger partial charge in [-0.2, -0.15) is 0 Å². The van der Waals surface area contributed by atoms with Gasteiger partial charge in [-0.05, 0) is 56.7 Å². The number of nitrogens with one attached hydrogen (secondary N) is 2. The Morgan fingerprint density at radius 3 is 2.66 bits per heavy atom. The van der Waals surface area contributed by atoms with Gasteiger partial charge in [0.1, 0.15) is 17.5 Å². The van der Waals surface area contributed by atoms with Crippen LogP contribution in [0.3, 0.4) is 0 Å². The zero-order chi connectivity index (χ0) is 22.7. The van der Waals surface area contributed by atoms with Gasteiger partial charge >= 0.3 is 0 Å². The summed E-state index contributed by atoms with van der Waals surface area (Å²) in [6.45, 7) is 7.67. The third-order valence-electron chi connectivity index (χ3n) is 4.85. The third kappa shape index (κ3) is 5.12. The highest BCUT2D eigenvalue weighted by molar-refractivity contribution is 5.71. The summed E-state index contributed by atoms with van der Waals surface area (Å²) in [6, 6.07) is 7.59. The molecule has 5 N–H and O–H groups in total. The van der Waals surface area contributed by atoms with Crippen molar-refractivity contribution in [1.82, 2.24) is 24.8 Å². The van der Waals surface area contributed by atoms with Gasteiger partial charge in [0, 0.05) is 48.3 Å². The number of β-amino-alcohol motifs (C(OH)–C–C–N with tert-alkyl or cyclic N) is 1. The fourth-order valence-corrected chi connectivity index (χ4v) is 3.48. The summed E-state index contributed by atoms with van der Waals surface area (Å²) >= 11 is 0. The molecule has 9 heteroatoms. The molecule has 32 heavy (non-hydrogen) atoms. The summed E-state index contributed by atoms with van der Waals surface area (Å²) in [5, 5.41) is 16.1. The van der Waals surface area contributed by atoms with Crippen LogP contribution in [0.2, 0.25) is 0 Å². The minimum atomic E-state index is -0.159. The number of aliphatic hydroxyl groups is 1. The minimum absolute atomic E-state index is 0.106. The van der Waals surface area contributed by atoms with Crippen LogP contribution in [0.25, 0.3) is 17.3 Å². The molecule has 0 spiro atoms. The molecular formula is C23H28N8O. The quantitative estimate of drug-likeness (QED) is 0.464. The summed E-state index contributed by atoms with van der Waals surface area (Å²) in [6.07, 6.45) is 7.40. The number of anilines is 4. The second-order valence-electron chi connectivity index (χ2n) is 8.66. The van der Waals surface area contributed by atoms with E-state index in [0.29, 0.717) is 24.7 Å². The van der Waals surface area contributed by atoms with Crippen molar-refractivity contribution in [1.29, 1.82) is 0 Å². The molecule has 4 heterocycles. The first kappa shape index (κ1) is 21.5. The highest BCUT2D eigenvalue weighted by Gasteiger charge is 2.21. The van der Waals surface area contributed by atoms with Crippen molar-refractivity contribution < 1.29 is 5.11 Å². The predicted molar refractivity (Wildman–Crippen MR) is 127 cm³/mol. The Morgan fingerprint density at radius 2 is 1.91 bits per heavy atom. The second-order valence-corrected chi connectivity index (χ2v) is 8.66. The van der Waals surface area contributed by atoms with E-state index in [1.807, 2.05) is 30.5 Å². The maximum absolute atomic E-state index is 9.31. The number of fused-ring (bicyclic) bond motifs is 1. The fourth-order valence-electron chi connectivity index (χ4n) is 3.48. The van der Waals surface area contributed by atoms with Crippen molar-refractivity contribution >= 4 is 29.5 Å². The summed E-state index contributed by atoms with van der Waals surface area (Å²) in [4.78, 5) is 19.6. The molecule has 1 aliphatic rings.